The van der Waals surface area contributed by atoms with Gasteiger partial charge in [0, 0.05) is 20.2 Å². The van der Waals surface area contributed by atoms with E-state index < -0.39 is 0 Å². The fourth-order valence-electron chi connectivity index (χ4n) is 3.87. The van der Waals surface area contributed by atoms with E-state index in [4.69, 9.17) is 9.47 Å². The maximum atomic E-state index is 5.72. The summed E-state index contributed by atoms with van der Waals surface area (Å²) >= 11 is 1.84. The van der Waals surface area contributed by atoms with Gasteiger partial charge in [-0.25, -0.2) is 0 Å². The van der Waals surface area contributed by atoms with Crippen LogP contribution in [0.3, 0.4) is 0 Å². The average Bonchev–Trinajstić information content (AvgIpc) is 3.15. The maximum absolute atomic E-state index is 5.72. The van der Waals surface area contributed by atoms with Crippen molar-refractivity contribution in [2.24, 2.45) is 0 Å². The Kier molecular flexibility index (Phi) is 4.45. The van der Waals surface area contributed by atoms with Gasteiger partial charge in [0.15, 0.2) is 0 Å². The quantitative estimate of drug-likeness (QED) is 0.277. The van der Waals surface area contributed by atoms with Crippen molar-refractivity contribution in [2.45, 2.75) is 0 Å². The molecular weight excluding hydrogens is 376 g/mol. The molecule has 142 valence electrons. The molecule has 0 aliphatic rings. The summed E-state index contributed by atoms with van der Waals surface area (Å²) in [4.78, 5) is 0. The van der Waals surface area contributed by atoms with Crippen molar-refractivity contribution in [1.82, 2.24) is 0 Å². The first-order valence-corrected chi connectivity index (χ1v) is 10.4. The molecule has 3 heteroatoms. The molecule has 29 heavy (non-hydrogen) atoms. The molecule has 0 saturated carbocycles. The van der Waals surface area contributed by atoms with E-state index in [1.165, 1.54) is 41.7 Å². The predicted molar refractivity (Wildman–Crippen MR) is 126 cm³/mol. The molecule has 0 saturated heterocycles. The van der Waals surface area contributed by atoms with Crippen molar-refractivity contribution in [2.75, 3.05) is 13.2 Å². The normalized spacial score (nSPS) is 11.3. The Bertz CT molecular complexity index is 1290. The minimum absolute atomic E-state index is 0.510. The summed E-state index contributed by atoms with van der Waals surface area (Å²) in [7, 11) is 0. The Labute approximate surface area is 173 Å². The predicted octanol–water partition coefficient (Wildman–Crippen LogP) is 7.49. The third-order valence-corrected chi connectivity index (χ3v) is 6.23. The summed E-state index contributed by atoms with van der Waals surface area (Å²) in [6, 6.07) is 21.4. The van der Waals surface area contributed by atoms with Crippen LogP contribution < -0.4 is 9.47 Å². The van der Waals surface area contributed by atoms with Gasteiger partial charge in [-0.05, 0) is 57.9 Å². The van der Waals surface area contributed by atoms with Crippen LogP contribution in [0, 0.1) is 0 Å². The molecule has 0 spiro atoms. The number of fused-ring (bicyclic) bond motifs is 7. The Hall–Kier alpha value is -3.30. The van der Waals surface area contributed by atoms with Crippen LogP contribution in [0.4, 0.5) is 0 Å². The number of hydrogen-bond acceptors (Lipinski definition) is 3. The summed E-state index contributed by atoms with van der Waals surface area (Å²) in [5.74, 6) is 1.73. The molecule has 0 aliphatic carbocycles. The second kappa shape index (κ2) is 7.26. The fourth-order valence-corrected chi connectivity index (χ4v) is 5.01. The minimum Gasteiger partial charge on any atom is -0.490 e. The monoisotopic (exact) mass is 396 g/mol. The SMILES string of the molecule is C=CCOc1ccc2c(ccc3sc4ccc5cc(OCC=C)ccc5c4c32)c1. The summed E-state index contributed by atoms with van der Waals surface area (Å²) in [6.07, 6.45) is 3.53. The Balaban J connectivity index is 1.77. The van der Waals surface area contributed by atoms with E-state index in [2.05, 4.69) is 61.7 Å². The second-order valence-corrected chi connectivity index (χ2v) is 8.03. The van der Waals surface area contributed by atoms with Crippen molar-refractivity contribution in [1.29, 1.82) is 0 Å². The molecule has 0 fully saturated rings. The van der Waals surface area contributed by atoms with Gasteiger partial charge < -0.3 is 9.47 Å². The van der Waals surface area contributed by atoms with Gasteiger partial charge in [0.1, 0.15) is 24.7 Å². The first kappa shape index (κ1) is 17.8. The van der Waals surface area contributed by atoms with E-state index in [1.807, 2.05) is 23.5 Å². The number of hydrogen-bond donors (Lipinski definition) is 0. The van der Waals surface area contributed by atoms with E-state index >= 15 is 0 Å². The lowest BCUT2D eigenvalue weighted by molar-refractivity contribution is 0.363. The maximum Gasteiger partial charge on any atom is 0.120 e. The zero-order chi connectivity index (χ0) is 19.8. The van der Waals surface area contributed by atoms with Gasteiger partial charge in [-0.3, -0.25) is 0 Å². The van der Waals surface area contributed by atoms with Crippen LogP contribution in [0.1, 0.15) is 0 Å². The highest BCUT2D eigenvalue weighted by Gasteiger charge is 2.13. The van der Waals surface area contributed by atoms with Gasteiger partial charge in [0.05, 0.1) is 0 Å². The number of ether oxygens (including phenoxy) is 2. The van der Waals surface area contributed by atoms with Gasteiger partial charge in [-0.15, -0.1) is 11.3 Å². The van der Waals surface area contributed by atoms with Gasteiger partial charge in [0.25, 0.3) is 0 Å². The highest BCUT2D eigenvalue weighted by Crippen LogP contribution is 2.42. The van der Waals surface area contributed by atoms with Crippen LogP contribution in [0.2, 0.25) is 0 Å². The lowest BCUT2D eigenvalue weighted by Gasteiger charge is -2.08. The molecule has 0 atom stereocenters. The lowest BCUT2D eigenvalue weighted by atomic mass is 9.99. The highest BCUT2D eigenvalue weighted by atomic mass is 32.1. The molecule has 5 rings (SSSR count). The molecule has 1 aromatic heterocycles. The molecule has 4 aromatic carbocycles. The molecule has 5 aromatic rings. The highest BCUT2D eigenvalue weighted by molar-refractivity contribution is 7.26. The largest absolute Gasteiger partial charge is 0.490 e. The Morgan fingerprint density at radius 2 is 1.14 bits per heavy atom. The summed E-state index contributed by atoms with van der Waals surface area (Å²) < 4.78 is 14.0. The van der Waals surface area contributed by atoms with Gasteiger partial charge in [-0.1, -0.05) is 49.6 Å². The van der Waals surface area contributed by atoms with Crippen LogP contribution in [0.25, 0.3) is 41.7 Å². The van der Waals surface area contributed by atoms with E-state index in [0.29, 0.717) is 13.2 Å². The topological polar surface area (TPSA) is 18.5 Å². The minimum atomic E-state index is 0.510. The van der Waals surface area contributed by atoms with Crippen molar-refractivity contribution in [3.8, 4) is 11.5 Å². The van der Waals surface area contributed by atoms with E-state index in [-0.39, 0.29) is 0 Å². The second-order valence-electron chi connectivity index (χ2n) is 6.94. The standard InChI is InChI=1S/C26H20O2S/c1-3-13-27-19-7-9-21-17(15-19)5-11-23-25(21)26-22-10-8-20(28-14-4-2)16-18(22)6-12-24(26)29-23/h3-12,15-16H,1-2,13-14H2. The van der Waals surface area contributed by atoms with Crippen molar-refractivity contribution in [3.05, 3.63) is 86.0 Å². The van der Waals surface area contributed by atoms with Crippen LogP contribution in [-0.2, 0) is 0 Å². The van der Waals surface area contributed by atoms with Gasteiger partial charge in [0.2, 0.25) is 0 Å². The average molecular weight is 397 g/mol. The zero-order valence-electron chi connectivity index (χ0n) is 16.0. The molecule has 0 bridgehead atoms. The first-order valence-electron chi connectivity index (χ1n) is 9.57. The molecule has 0 radical (unpaired) electrons. The lowest BCUT2D eigenvalue weighted by Crippen LogP contribution is -1.92. The number of benzene rings is 4. The van der Waals surface area contributed by atoms with Gasteiger partial charge >= 0.3 is 0 Å². The van der Waals surface area contributed by atoms with Crippen LogP contribution in [0.5, 0.6) is 11.5 Å². The van der Waals surface area contributed by atoms with Crippen LogP contribution in [0.15, 0.2) is 86.0 Å². The number of rotatable bonds is 6. The van der Waals surface area contributed by atoms with E-state index in [1.54, 1.807) is 12.2 Å². The zero-order valence-corrected chi connectivity index (χ0v) is 16.8. The van der Waals surface area contributed by atoms with Crippen molar-refractivity contribution in [3.63, 3.8) is 0 Å². The fraction of sp³-hybridized carbons (Fsp3) is 0.0769. The summed E-state index contributed by atoms with van der Waals surface area (Å²) in [6.45, 7) is 8.46. The van der Waals surface area contributed by atoms with Crippen LogP contribution >= 0.6 is 11.3 Å². The number of thiophene rings is 1. The van der Waals surface area contributed by atoms with Crippen molar-refractivity contribution < 1.29 is 9.47 Å². The smallest absolute Gasteiger partial charge is 0.120 e. The van der Waals surface area contributed by atoms with E-state index in [0.717, 1.165) is 11.5 Å². The van der Waals surface area contributed by atoms with E-state index in [9.17, 15) is 0 Å². The van der Waals surface area contributed by atoms with Crippen molar-refractivity contribution >= 4 is 53.1 Å². The van der Waals surface area contributed by atoms with Gasteiger partial charge in [-0.2, -0.15) is 0 Å². The molecule has 1 heterocycles. The Morgan fingerprint density at radius 1 is 0.655 bits per heavy atom. The van der Waals surface area contributed by atoms with Crippen LogP contribution in [-0.4, -0.2) is 13.2 Å². The summed E-state index contributed by atoms with van der Waals surface area (Å²) in [5.41, 5.74) is 0. The molecule has 0 amide bonds. The molecule has 2 nitrogen and oxygen atoms in total. The summed E-state index contributed by atoms with van der Waals surface area (Å²) in [5, 5.41) is 7.48. The molecule has 0 unspecified atom stereocenters. The molecule has 0 aliphatic heterocycles. The molecular formula is C26H20O2S. The third-order valence-electron chi connectivity index (χ3n) is 5.11. The Morgan fingerprint density at radius 3 is 1.59 bits per heavy atom. The molecule has 0 N–H and O–H groups in total. The first-order chi connectivity index (χ1) is 14.3. The third kappa shape index (κ3) is 3.04.